The lowest BCUT2D eigenvalue weighted by molar-refractivity contribution is 0.186. The summed E-state index contributed by atoms with van der Waals surface area (Å²) in [6, 6.07) is 10.6. The predicted molar refractivity (Wildman–Crippen MR) is 63.9 cm³/mol. The molecule has 0 aliphatic carbocycles. The first-order valence-electron chi connectivity index (χ1n) is 5.54. The van der Waals surface area contributed by atoms with Crippen LogP contribution in [0.4, 0.5) is 0 Å². The van der Waals surface area contributed by atoms with Crippen molar-refractivity contribution in [3.63, 3.8) is 0 Å². The van der Waals surface area contributed by atoms with Crippen LogP contribution in [0.25, 0.3) is 0 Å². The van der Waals surface area contributed by atoms with Gasteiger partial charge >= 0.3 is 0 Å². The van der Waals surface area contributed by atoms with Gasteiger partial charge in [-0.1, -0.05) is 30.3 Å². The van der Waals surface area contributed by atoms with Crippen LogP contribution in [0, 0.1) is 0 Å². The number of nitrogens with zero attached hydrogens (tertiary/aromatic N) is 1. The van der Waals surface area contributed by atoms with Gasteiger partial charge in [-0.3, -0.25) is 0 Å². The molecule has 0 saturated heterocycles. The van der Waals surface area contributed by atoms with Crippen molar-refractivity contribution in [2.24, 2.45) is 0 Å². The van der Waals surface area contributed by atoms with Gasteiger partial charge in [0.05, 0.1) is 0 Å². The van der Waals surface area contributed by atoms with E-state index in [4.69, 9.17) is 4.74 Å². The average Bonchev–Trinajstić information content (AvgIpc) is 2.26. The second kappa shape index (κ2) is 7.43. The van der Waals surface area contributed by atoms with Gasteiger partial charge in [-0.2, -0.15) is 0 Å². The number of hydrogen-bond donors (Lipinski definition) is 0. The highest BCUT2D eigenvalue weighted by Gasteiger charge is 1.99. The van der Waals surface area contributed by atoms with E-state index in [2.05, 4.69) is 42.3 Å². The van der Waals surface area contributed by atoms with Gasteiger partial charge in [-0.15, -0.1) is 0 Å². The summed E-state index contributed by atoms with van der Waals surface area (Å²) in [5, 5.41) is 0. The van der Waals surface area contributed by atoms with Crippen LogP contribution in [0.2, 0.25) is 0 Å². The van der Waals surface area contributed by atoms with Gasteiger partial charge in [0.15, 0.2) is 0 Å². The van der Waals surface area contributed by atoms with Crippen LogP contribution >= 0.6 is 0 Å². The van der Waals surface area contributed by atoms with Crippen molar-refractivity contribution in [3.05, 3.63) is 35.9 Å². The molecule has 15 heavy (non-hydrogen) atoms. The molecule has 0 saturated carbocycles. The first-order chi connectivity index (χ1) is 7.33. The van der Waals surface area contributed by atoms with Gasteiger partial charge in [0.1, 0.15) is 0 Å². The minimum absolute atomic E-state index is 0.874. The molecule has 2 nitrogen and oxygen atoms in total. The molecule has 1 aromatic carbocycles. The van der Waals surface area contributed by atoms with Crippen molar-refractivity contribution in [1.82, 2.24) is 4.90 Å². The third-order valence-electron chi connectivity index (χ3n) is 2.43. The Labute approximate surface area is 92.9 Å². The lowest BCUT2D eigenvalue weighted by Crippen LogP contribution is -2.19. The zero-order chi connectivity index (χ0) is 10.9. The second-order valence-corrected chi connectivity index (χ2v) is 3.92. The zero-order valence-electron chi connectivity index (χ0n) is 9.78. The summed E-state index contributed by atoms with van der Waals surface area (Å²) in [4.78, 5) is 2.35. The van der Waals surface area contributed by atoms with Crippen LogP contribution in [0.3, 0.4) is 0 Å². The molecule has 2 heteroatoms. The van der Waals surface area contributed by atoms with Crippen LogP contribution < -0.4 is 0 Å². The fourth-order valence-electron chi connectivity index (χ4n) is 1.60. The number of ether oxygens (including phenoxy) is 1. The fraction of sp³-hybridized carbons (Fsp3) is 0.538. The molecule has 0 spiro atoms. The van der Waals surface area contributed by atoms with Crippen molar-refractivity contribution in [2.45, 2.75) is 19.4 Å². The highest BCUT2D eigenvalue weighted by atomic mass is 16.5. The van der Waals surface area contributed by atoms with Crippen molar-refractivity contribution in [2.75, 3.05) is 27.3 Å². The third-order valence-corrected chi connectivity index (χ3v) is 2.43. The summed E-state index contributed by atoms with van der Waals surface area (Å²) in [6.45, 7) is 3.05. The van der Waals surface area contributed by atoms with E-state index in [9.17, 15) is 0 Å². The monoisotopic (exact) mass is 207 g/mol. The van der Waals surface area contributed by atoms with Gasteiger partial charge in [0, 0.05) is 20.3 Å². The molecule has 0 unspecified atom stereocenters. The lowest BCUT2D eigenvalue weighted by Gasteiger charge is -2.16. The predicted octanol–water partition coefficient (Wildman–Crippen LogP) is 2.55. The summed E-state index contributed by atoms with van der Waals surface area (Å²) in [7, 11) is 3.92. The molecule has 1 rings (SSSR count). The topological polar surface area (TPSA) is 12.5 Å². The lowest BCUT2D eigenvalue weighted by atomic mass is 10.2. The molecule has 1 aromatic rings. The summed E-state index contributed by atoms with van der Waals surface area (Å²) in [5.74, 6) is 0. The van der Waals surface area contributed by atoms with Crippen LogP contribution in [0.15, 0.2) is 30.3 Å². The van der Waals surface area contributed by atoms with Gasteiger partial charge in [-0.05, 0) is 32.0 Å². The normalized spacial score (nSPS) is 10.9. The van der Waals surface area contributed by atoms with Gasteiger partial charge in [0.25, 0.3) is 0 Å². The molecule has 84 valence electrons. The smallest absolute Gasteiger partial charge is 0.0462 e. The highest BCUT2D eigenvalue weighted by Crippen LogP contribution is 2.03. The maximum Gasteiger partial charge on any atom is 0.0462 e. The minimum atomic E-state index is 0.874. The average molecular weight is 207 g/mol. The number of hydrogen-bond acceptors (Lipinski definition) is 2. The third kappa shape index (κ3) is 5.55. The molecule has 0 N–H and O–H groups in total. The quantitative estimate of drug-likeness (QED) is 0.637. The number of rotatable bonds is 7. The Kier molecular flexibility index (Phi) is 6.05. The van der Waals surface area contributed by atoms with E-state index in [1.807, 2.05) is 0 Å². The van der Waals surface area contributed by atoms with E-state index >= 15 is 0 Å². The van der Waals surface area contributed by atoms with E-state index in [-0.39, 0.29) is 0 Å². The summed E-state index contributed by atoms with van der Waals surface area (Å²) < 4.78 is 5.02. The maximum atomic E-state index is 5.02. The Morgan fingerprint density at radius 2 is 1.87 bits per heavy atom. The molecule has 0 aliphatic rings. The maximum absolute atomic E-state index is 5.02. The molecule has 0 atom stereocenters. The fourth-order valence-corrected chi connectivity index (χ4v) is 1.60. The molecule has 0 radical (unpaired) electrons. The Balaban J connectivity index is 2.16. The van der Waals surface area contributed by atoms with Crippen LogP contribution in [-0.2, 0) is 11.3 Å². The van der Waals surface area contributed by atoms with E-state index < -0.39 is 0 Å². The Morgan fingerprint density at radius 3 is 2.53 bits per heavy atom. The van der Waals surface area contributed by atoms with Crippen molar-refractivity contribution >= 4 is 0 Å². The summed E-state index contributed by atoms with van der Waals surface area (Å²) in [6.07, 6.45) is 2.35. The van der Waals surface area contributed by atoms with Gasteiger partial charge in [0.2, 0.25) is 0 Å². The largest absolute Gasteiger partial charge is 0.385 e. The van der Waals surface area contributed by atoms with Crippen LogP contribution in [0.1, 0.15) is 18.4 Å². The minimum Gasteiger partial charge on any atom is -0.385 e. The number of methoxy groups -OCH3 is 1. The summed E-state index contributed by atoms with van der Waals surface area (Å²) in [5.41, 5.74) is 1.38. The molecular weight excluding hydrogens is 186 g/mol. The van der Waals surface area contributed by atoms with Crippen LogP contribution in [0.5, 0.6) is 0 Å². The second-order valence-electron chi connectivity index (χ2n) is 3.92. The standard InChI is InChI=1S/C13H21NO/c1-14(10-6-7-11-15-2)12-13-8-4-3-5-9-13/h3-5,8-9H,6-7,10-12H2,1-2H3. The first-order valence-corrected chi connectivity index (χ1v) is 5.54. The first kappa shape index (κ1) is 12.2. The molecule has 0 aromatic heterocycles. The van der Waals surface area contributed by atoms with Crippen LogP contribution in [-0.4, -0.2) is 32.2 Å². The zero-order valence-corrected chi connectivity index (χ0v) is 9.78. The highest BCUT2D eigenvalue weighted by molar-refractivity contribution is 5.14. The van der Waals surface area contributed by atoms with Crippen molar-refractivity contribution in [1.29, 1.82) is 0 Å². The van der Waals surface area contributed by atoms with Crippen molar-refractivity contribution in [3.8, 4) is 0 Å². The molecule has 0 bridgehead atoms. The number of benzene rings is 1. The molecule has 0 aliphatic heterocycles. The van der Waals surface area contributed by atoms with Gasteiger partial charge < -0.3 is 9.64 Å². The van der Waals surface area contributed by atoms with E-state index in [0.29, 0.717) is 0 Å². The molecule has 0 fully saturated rings. The van der Waals surface area contributed by atoms with Gasteiger partial charge in [-0.25, -0.2) is 0 Å². The summed E-state index contributed by atoms with van der Waals surface area (Å²) >= 11 is 0. The molecule has 0 amide bonds. The van der Waals surface area contributed by atoms with E-state index in [0.717, 1.165) is 26.1 Å². The molecular formula is C13H21NO. The van der Waals surface area contributed by atoms with Crippen molar-refractivity contribution < 1.29 is 4.74 Å². The van der Waals surface area contributed by atoms with E-state index in [1.165, 1.54) is 12.0 Å². The number of unbranched alkanes of at least 4 members (excludes halogenated alkanes) is 1. The molecule has 0 heterocycles. The Hall–Kier alpha value is -0.860. The Bertz CT molecular complexity index is 248. The SMILES string of the molecule is COCCCCN(C)Cc1ccccc1. The van der Waals surface area contributed by atoms with E-state index in [1.54, 1.807) is 7.11 Å². The Morgan fingerprint density at radius 1 is 1.13 bits per heavy atom.